The topological polar surface area (TPSA) is 72.2 Å². The predicted molar refractivity (Wildman–Crippen MR) is 89.9 cm³/mol. The molecule has 0 aromatic heterocycles. The van der Waals surface area contributed by atoms with E-state index in [0.717, 1.165) is 17.4 Å². The Labute approximate surface area is 131 Å². The maximum Gasteiger partial charge on any atom is 0.229 e. The lowest BCUT2D eigenvalue weighted by atomic mass is 10.0. The quantitative estimate of drug-likeness (QED) is 0.855. The second-order valence-electron chi connectivity index (χ2n) is 5.08. The van der Waals surface area contributed by atoms with Gasteiger partial charge in [0.15, 0.2) is 0 Å². The van der Waals surface area contributed by atoms with Crippen molar-refractivity contribution in [1.82, 2.24) is 0 Å². The van der Waals surface area contributed by atoms with Crippen LogP contribution in [-0.4, -0.2) is 14.7 Å². The lowest BCUT2D eigenvalue weighted by Crippen LogP contribution is -2.12. The molecule has 0 aliphatic heterocycles. The van der Waals surface area contributed by atoms with Gasteiger partial charge in [-0.05, 0) is 36.8 Å². The van der Waals surface area contributed by atoms with Gasteiger partial charge in [0.05, 0.1) is 11.9 Å². The highest BCUT2D eigenvalue weighted by atomic mass is 32.2. The van der Waals surface area contributed by atoms with E-state index >= 15 is 0 Å². The second kappa shape index (κ2) is 6.65. The summed E-state index contributed by atoms with van der Waals surface area (Å²) in [6.45, 7) is 1.87. The molecule has 114 valence electrons. The van der Waals surface area contributed by atoms with E-state index in [-0.39, 0.29) is 6.04 Å². The van der Waals surface area contributed by atoms with Crippen LogP contribution in [-0.2, 0) is 10.0 Å². The van der Waals surface area contributed by atoms with Gasteiger partial charge in [0, 0.05) is 17.2 Å². The van der Waals surface area contributed by atoms with Crippen LogP contribution in [0.1, 0.15) is 29.7 Å². The van der Waals surface area contributed by atoms with Gasteiger partial charge in [-0.15, -0.1) is 0 Å². The van der Waals surface area contributed by atoms with E-state index in [1.165, 1.54) is 0 Å². The Morgan fingerprint density at radius 2 is 1.77 bits per heavy atom. The molecule has 22 heavy (non-hydrogen) atoms. The van der Waals surface area contributed by atoms with Crippen LogP contribution in [0.2, 0.25) is 0 Å². The molecule has 5 heteroatoms. The van der Waals surface area contributed by atoms with Crippen LogP contribution in [0.25, 0.3) is 0 Å². The summed E-state index contributed by atoms with van der Waals surface area (Å²) in [6.07, 6.45) is 1.11. The van der Waals surface area contributed by atoms with Crippen molar-refractivity contribution in [2.75, 3.05) is 11.0 Å². The van der Waals surface area contributed by atoms with E-state index in [1.54, 1.807) is 12.1 Å². The molecule has 1 unspecified atom stereocenters. The number of hydrogen-bond acceptors (Lipinski definition) is 3. The normalized spacial score (nSPS) is 12.1. The fraction of sp³-hybridized carbons (Fsp3) is 0.176. The molecule has 2 aromatic rings. The molecule has 0 spiro atoms. The fourth-order valence-corrected chi connectivity index (χ4v) is 2.48. The average molecular weight is 314 g/mol. The Hall–Kier alpha value is -2.29. The third-order valence-electron chi connectivity index (χ3n) is 2.98. The van der Waals surface area contributed by atoms with Crippen LogP contribution in [0.15, 0.2) is 48.5 Å². The number of anilines is 1. The SMILES string of the molecule is CC(N)c1ccc(NS(C)(=O)=O)c(C#Cc2ccccc2)c1. The van der Waals surface area contributed by atoms with E-state index in [9.17, 15) is 8.42 Å². The summed E-state index contributed by atoms with van der Waals surface area (Å²) in [7, 11) is -3.36. The number of hydrogen-bond donors (Lipinski definition) is 2. The van der Waals surface area contributed by atoms with Gasteiger partial charge in [0.2, 0.25) is 10.0 Å². The largest absolute Gasteiger partial charge is 0.324 e. The summed E-state index contributed by atoms with van der Waals surface area (Å²) in [5, 5.41) is 0. The van der Waals surface area contributed by atoms with Crippen LogP contribution in [0.5, 0.6) is 0 Å². The molecule has 0 aliphatic rings. The number of rotatable bonds is 3. The maximum absolute atomic E-state index is 11.5. The summed E-state index contributed by atoms with van der Waals surface area (Å²) in [4.78, 5) is 0. The van der Waals surface area contributed by atoms with Gasteiger partial charge in [-0.2, -0.15) is 0 Å². The van der Waals surface area contributed by atoms with E-state index in [1.807, 2.05) is 43.3 Å². The van der Waals surface area contributed by atoms with Crippen LogP contribution in [0, 0.1) is 11.8 Å². The summed E-state index contributed by atoms with van der Waals surface area (Å²) in [5.74, 6) is 6.04. The summed E-state index contributed by atoms with van der Waals surface area (Å²) in [6, 6.07) is 14.7. The van der Waals surface area contributed by atoms with Crippen LogP contribution >= 0.6 is 0 Å². The first-order valence-electron chi connectivity index (χ1n) is 6.79. The van der Waals surface area contributed by atoms with Crippen molar-refractivity contribution >= 4 is 15.7 Å². The molecule has 0 saturated heterocycles. The molecule has 0 aliphatic carbocycles. The lowest BCUT2D eigenvalue weighted by Gasteiger charge is -2.11. The van der Waals surface area contributed by atoms with Gasteiger partial charge >= 0.3 is 0 Å². The number of benzene rings is 2. The van der Waals surface area contributed by atoms with Crippen molar-refractivity contribution < 1.29 is 8.42 Å². The molecule has 1 atom stereocenters. The minimum absolute atomic E-state index is 0.149. The molecule has 2 rings (SSSR count). The van der Waals surface area contributed by atoms with Crippen LogP contribution in [0.4, 0.5) is 5.69 Å². The zero-order valence-corrected chi connectivity index (χ0v) is 13.3. The average Bonchev–Trinajstić information content (AvgIpc) is 2.45. The molecule has 4 nitrogen and oxygen atoms in total. The van der Waals surface area contributed by atoms with Crippen molar-refractivity contribution in [3.8, 4) is 11.8 Å². The Balaban J connectivity index is 2.46. The van der Waals surface area contributed by atoms with Crippen molar-refractivity contribution in [1.29, 1.82) is 0 Å². The standard InChI is InChI=1S/C17H18N2O2S/c1-13(18)15-10-11-17(19-22(2,20)21)16(12-15)9-8-14-6-4-3-5-7-14/h3-7,10-13,19H,18H2,1-2H3. The monoisotopic (exact) mass is 314 g/mol. The zero-order valence-electron chi connectivity index (χ0n) is 12.5. The summed E-state index contributed by atoms with van der Waals surface area (Å²) < 4.78 is 25.4. The number of nitrogens with one attached hydrogen (secondary N) is 1. The van der Waals surface area contributed by atoms with E-state index < -0.39 is 10.0 Å². The number of nitrogens with two attached hydrogens (primary N) is 1. The first kappa shape index (κ1) is 16.1. The lowest BCUT2D eigenvalue weighted by molar-refractivity contribution is 0.607. The van der Waals surface area contributed by atoms with Gasteiger partial charge in [-0.25, -0.2) is 8.42 Å². The zero-order chi connectivity index (χ0) is 16.2. The molecule has 3 N–H and O–H groups in total. The molecular weight excluding hydrogens is 296 g/mol. The molecule has 0 heterocycles. The first-order chi connectivity index (χ1) is 10.3. The third-order valence-corrected chi connectivity index (χ3v) is 3.57. The second-order valence-corrected chi connectivity index (χ2v) is 6.83. The highest BCUT2D eigenvalue weighted by Crippen LogP contribution is 2.21. The van der Waals surface area contributed by atoms with Crippen molar-refractivity contribution in [3.05, 3.63) is 65.2 Å². The Kier molecular flexibility index (Phi) is 4.86. The maximum atomic E-state index is 11.5. The fourth-order valence-electron chi connectivity index (χ4n) is 1.90. The smallest absolute Gasteiger partial charge is 0.229 e. The van der Waals surface area contributed by atoms with Gasteiger partial charge in [-0.1, -0.05) is 36.1 Å². The predicted octanol–water partition coefficient (Wildman–Crippen LogP) is 2.48. The molecule has 0 radical (unpaired) electrons. The van der Waals surface area contributed by atoms with Crippen molar-refractivity contribution in [3.63, 3.8) is 0 Å². The molecule has 2 aromatic carbocycles. The molecular formula is C17H18N2O2S. The van der Waals surface area contributed by atoms with E-state index in [0.29, 0.717) is 11.3 Å². The van der Waals surface area contributed by atoms with Gasteiger partial charge < -0.3 is 5.73 Å². The van der Waals surface area contributed by atoms with Gasteiger partial charge in [0.1, 0.15) is 0 Å². The highest BCUT2D eigenvalue weighted by Gasteiger charge is 2.08. The number of sulfonamides is 1. The molecule has 0 bridgehead atoms. The highest BCUT2D eigenvalue weighted by molar-refractivity contribution is 7.92. The van der Waals surface area contributed by atoms with E-state index in [4.69, 9.17) is 5.73 Å². The third kappa shape index (κ3) is 4.62. The molecule has 0 fully saturated rings. The van der Waals surface area contributed by atoms with E-state index in [2.05, 4.69) is 16.6 Å². The first-order valence-corrected chi connectivity index (χ1v) is 8.69. The Morgan fingerprint density at radius 3 is 2.36 bits per heavy atom. The summed E-state index contributed by atoms with van der Waals surface area (Å²) >= 11 is 0. The van der Waals surface area contributed by atoms with Gasteiger partial charge in [0.25, 0.3) is 0 Å². The Bertz CT molecular complexity index is 817. The van der Waals surface area contributed by atoms with Crippen molar-refractivity contribution in [2.45, 2.75) is 13.0 Å². The molecule has 0 amide bonds. The minimum Gasteiger partial charge on any atom is -0.324 e. The Morgan fingerprint density at radius 1 is 1.09 bits per heavy atom. The van der Waals surface area contributed by atoms with Crippen LogP contribution in [0.3, 0.4) is 0 Å². The van der Waals surface area contributed by atoms with Crippen molar-refractivity contribution in [2.24, 2.45) is 5.73 Å². The van der Waals surface area contributed by atoms with Crippen LogP contribution < -0.4 is 10.5 Å². The minimum atomic E-state index is -3.36. The molecule has 0 saturated carbocycles. The van der Waals surface area contributed by atoms with Gasteiger partial charge in [-0.3, -0.25) is 4.72 Å². The summed E-state index contributed by atoms with van der Waals surface area (Å²) in [5.41, 5.74) is 8.70.